The minimum atomic E-state index is -4.85. The molecule has 0 saturated carbocycles. The molecule has 1 aromatic heterocycles. The van der Waals surface area contributed by atoms with E-state index in [0.717, 1.165) is 6.07 Å². The number of halogens is 1. The Labute approximate surface area is 287 Å². The SMILES string of the molecule is C=C(C)C(=O)OCCOc1nc(Cl)nc(Cc2ccc(S(=O)(=O)O)c(Nc3cc(SOOO)c(N)c4c3C(=O)c3ccccc3C4=O)c2)n1. The first-order valence-electron chi connectivity index (χ1n) is 13.8. The van der Waals surface area contributed by atoms with Crippen LogP contribution in [-0.2, 0) is 35.4 Å². The van der Waals surface area contributed by atoms with Gasteiger partial charge in [-0.1, -0.05) is 41.9 Å². The highest BCUT2D eigenvalue weighted by Gasteiger charge is 2.35. The Hall–Kier alpha value is -4.95. The van der Waals surface area contributed by atoms with Gasteiger partial charge in [0.2, 0.25) is 5.28 Å². The molecular formula is C30H24ClN5O11S2. The molecule has 49 heavy (non-hydrogen) atoms. The van der Waals surface area contributed by atoms with Gasteiger partial charge in [-0.2, -0.15) is 18.4 Å². The van der Waals surface area contributed by atoms with Gasteiger partial charge in [0.25, 0.3) is 10.1 Å². The molecular weight excluding hydrogens is 706 g/mol. The number of anilines is 3. The Morgan fingerprint density at radius 2 is 1.71 bits per heavy atom. The summed E-state index contributed by atoms with van der Waals surface area (Å²) in [4.78, 5) is 50.5. The van der Waals surface area contributed by atoms with Gasteiger partial charge >= 0.3 is 12.0 Å². The molecule has 3 aromatic carbocycles. The van der Waals surface area contributed by atoms with Crippen LogP contribution in [0.25, 0.3) is 0 Å². The topological polar surface area (TPSA) is 239 Å². The average molecular weight is 730 g/mol. The zero-order chi connectivity index (χ0) is 35.5. The van der Waals surface area contributed by atoms with Crippen LogP contribution >= 0.6 is 23.6 Å². The third-order valence-electron chi connectivity index (χ3n) is 6.84. The van der Waals surface area contributed by atoms with Crippen LogP contribution in [0.1, 0.15) is 50.2 Å². The summed E-state index contributed by atoms with van der Waals surface area (Å²) in [6.45, 7) is 4.75. The van der Waals surface area contributed by atoms with Crippen LogP contribution in [-0.4, -0.2) is 63.9 Å². The van der Waals surface area contributed by atoms with Crippen molar-refractivity contribution in [2.45, 2.75) is 23.1 Å². The van der Waals surface area contributed by atoms with Gasteiger partial charge in [-0.15, -0.1) is 4.33 Å². The predicted molar refractivity (Wildman–Crippen MR) is 173 cm³/mol. The molecule has 0 radical (unpaired) electrons. The fraction of sp³-hybridized carbons (Fsp3) is 0.133. The first-order valence-corrected chi connectivity index (χ1v) is 16.4. The number of ketones is 2. The second kappa shape index (κ2) is 14.7. The second-order valence-electron chi connectivity index (χ2n) is 10.2. The predicted octanol–water partition coefficient (Wildman–Crippen LogP) is 4.39. The van der Waals surface area contributed by atoms with E-state index < -0.39 is 32.5 Å². The van der Waals surface area contributed by atoms with Gasteiger partial charge in [0.1, 0.15) is 23.9 Å². The number of aromatic nitrogens is 3. The van der Waals surface area contributed by atoms with Crippen LogP contribution in [0.15, 0.2) is 70.5 Å². The lowest BCUT2D eigenvalue weighted by molar-refractivity contribution is -0.432. The number of nitrogen functional groups attached to an aromatic ring is 1. The molecule has 0 unspecified atom stereocenters. The molecule has 0 atom stereocenters. The Morgan fingerprint density at radius 3 is 2.37 bits per heavy atom. The largest absolute Gasteiger partial charge is 0.460 e. The lowest BCUT2D eigenvalue weighted by atomic mass is 9.82. The van der Waals surface area contributed by atoms with Gasteiger partial charge in [-0.05, 0) is 42.3 Å². The number of nitrogens with zero attached hydrogens (tertiary/aromatic N) is 3. The van der Waals surface area contributed by atoms with Crippen molar-refractivity contribution in [3.63, 3.8) is 0 Å². The van der Waals surface area contributed by atoms with Crippen LogP contribution < -0.4 is 15.8 Å². The van der Waals surface area contributed by atoms with E-state index in [1.807, 2.05) is 0 Å². The third kappa shape index (κ3) is 7.86. The minimum absolute atomic E-state index is 0.0159. The lowest BCUT2D eigenvalue weighted by Crippen LogP contribution is -2.24. The highest BCUT2D eigenvalue weighted by atomic mass is 35.5. The summed E-state index contributed by atoms with van der Waals surface area (Å²) in [6.07, 6.45) is -0.0584. The fourth-order valence-electron chi connectivity index (χ4n) is 4.76. The summed E-state index contributed by atoms with van der Waals surface area (Å²) in [6, 6.07) is 11.0. The Morgan fingerprint density at radius 1 is 1.02 bits per heavy atom. The Kier molecular flexibility index (Phi) is 10.6. The highest BCUT2D eigenvalue weighted by molar-refractivity contribution is 7.94. The van der Waals surface area contributed by atoms with Gasteiger partial charge in [0, 0.05) is 23.1 Å². The van der Waals surface area contributed by atoms with Gasteiger partial charge in [-0.25, -0.2) is 15.0 Å². The summed E-state index contributed by atoms with van der Waals surface area (Å²) < 4.78 is 49.9. The molecule has 1 aliphatic carbocycles. The molecule has 16 nitrogen and oxygen atoms in total. The Bertz CT molecular complexity index is 2130. The molecule has 0 aliphatic heterocycles. The van der Waals surface area contributed by atoms with Crippen molar-refractivity contribution in [2.75, 3.05) is 24.3 Å². The molecule has 0 saturated heterocycles. The van der Waals surface area contributed by atoms with Crippen molar-refractivity contribution >= 4 is 68.4 Å². The monoisotopic (exact) mass is 729 g/mol. The summed E-state index contributed by atoms with van der Waals surface area (Å²) in [5.74, 6) is -1.69. The first-order chi connectivity index (χ1) is 23.3. The van der Waals surface area contributed by atoms with Crippen molar-refractivity contribution in [1.29, 1.82) is 0 Å². The molecule has 0 amide bonds. The minimum Gasteiger partial charge on any atom is -0.460 e. The summed E-state index contributed by atoms with van der Waals surface area (Å²) in [5, 5.41) is 15.0. The normalized spacial score (nSPS) is 12.2. The maximum Gasteiger partial charge on any atom is 0.333 e. The summed E-state index contributed by atoms with van der Waals surface area (Å²) in [7, 11) is -4.85. The number of hydrogen-bond acceptors (Lipinski definition) is 16. The maximum atomic E-state index is 13.8. The van der Waals surface area contributed by atoms with E-state index in [0.29, 0.717) is 17.6 Å². The van der Waals surface area contributed by atoms with Crippen LogP contribution in [0.4, 0.5) is 17.1 Å². The molecule has 0 fully saturated rings. The number of nitrogens with one attached hydrogen (secondary N) is 1. The van der Waals surface area contributed by atoms with E-state index in [1.165, 1.54) is 37.3 Å². The number of hydrogen-bond donors (Lipinski definition) is 4. The highest BCUT2D eigenvalue weighted by Crippen LogP contribution is 2.42. The number of benzene rings is 3. The van der Waals surface area contributed by atoms with Crippen LogP contribution in [0.2, 0.25) is 5.28 Å². The first kappa shape index (κ1) is 35.4. The molecule has 5 N–H and O–H groups in total. The van der Waals surface area contributed by atoms with E-state index in [1.54, 1.807) is 12.1 Å². The number of rotatable bonds is 13. The van der Waals surface area contributed by atoms with Crippen LogP contribution in [0.3, 0.4) is 0 Å². The van der Waals surface area contributed by atoms with Gasteiger partial charge in [0.05, 0.1) is 45.1 Å². The van der Waals surface area contributed by atoms with Crippen molar-refractivity contribution in [2.24, 2.45) is 0 Å². The van der Waals surface area contributed by atoms with Gasteiger partial charge in [-0.3, -0.25) is 14.1 Å². The van der Waals surface area contributed by atoms with E-state index in [2.05, 4.69) is 36.2 Å². The van der Waals surface area contributed by atoms with Crippen molar-refractivity contribution in [3.8, 4) is 6.01 Å². The third-order valence-corrected chi connectivity index (χ3v) is 8.56. The van der Waals surface area contributed by atoms with Gasteiger partial charge in [0.15, 0.2) is 11.6 Å². The van der Waals surface area contributed by atoms with E-state index >= 15 is 0 Å². The number of esters is 1. The molecule has 4 aromatic rings. The molecule has 254 valence electrons. The molecule has 19 heteroatoms. The average Bonchev–Trinajstić information content (AvgIpc) is 3.04. The van der Waals surface area contributed by atoms with E-state index in [-0.39, 0.29) is 86.5 Å². The smallest absolute Gasteiger partial charge is 0.333 e. The number of ether oxygens (including phenoxy) is 2. The standard InChI is InChI=1S/C30H24ClN5O11S2/c1-14(2)28(39)44-9-10-45-30-35-22(34-29(31)36-30)12-15-7-8-21(49(41,42)43)18(11-15)33-19-13-20(48-47-46-40)25(32)24-23(19)26(37)16-5-3-4-6-17(16)27(24)38/h3-8,11,13,33,40H,1,9-10,12,32H2,2H3,(H,41,42,43). The fourth-order valence-corrected chi connectivity index (χ4v) is 6.01. The lowest BCUT2D eigenvalue weighted by Gasteiger charge is -2.24. The molecule has 1 aliphatic rings. The number of fused-ring (bicyclic) bond motifs is 2. The summed E-state index contributed by atoms with van der Waals surface area (Å²) in [5.41, 5.74) is 6.20. The summed E-state index contributed by atoms with van der Waals surface area (Å²) >= 11 is 6.48. The maximum absolute atomic E-state index is 13.8. The number of carbonyl (C=O) groups excluding carboxylic acids is 3. The van der Waals surface area contributed by atoms with Crippen LogP contribution in [0.5, 0.6) is 6.01 Å². The van der Waals surface area contributed by atoms with Crippen molar-refractivity contribution < 1.29 is 51.5 Å². The number of nitrogens with two attached hydrogens (primary N) is 1. The van der Waals surface area contributed by atoms with Crippen molar-refractivity contribution in [1.82, 2.24) is 15.0 Å². The quantitative estimate of drug-likeness (QED) is 0.0192. The zero-order valence-electron chi connectivity index (χ0n) is 25.1. The molecule has 0 spiro atoms. The zero-order valence-corrected chi connectivity index (χ0v) is 27.5. The van der Waals surface area contributed by atoms with Crippen LogP contribution in [0, 0.1) is 0 Å². The van der Waals surface area contributed by atoms with Gasteiger partial charge < -0.3 is 20.5 Å². The molecule has 1 heterocycles. The second-order valence-corrected chi connectivity index (χ2v) is 12.7. The molecule has 0 bridgehead atoms. The van der Waals surface area contributed by atoms with E-state index in [4.69, 9.17) is 32.1 Å². The number of carbonyl (C=O) groups is 3. The van der Waals surface area contributed by atoms with Crippen molar-refractivity contribution in [3.05, 3.63) is 99.6 Å². The molecule has 5 rings (SSSR count). The Balaban J connectivity index is 1.52. The van der Waals surface area contributed by atoms with E-state index in [9.17, 15) is 27.4 Å².